The van der Waals surface area contributed by atoms with Crippen molar-refractivity contribution >= 4 is 29.3 Å². The van der Waals surface area contributed by atoms with E-state index in [4.69, 9.17) is 0 Å². The van der Waals surface area contributed by atoms with Crippen molar-refractivity contribution in [1.82, 2.24) is 0 Å². The topological polar surface area (TPSA) is 40.1 Å². The molecule has 2 aliphatic carbocycles. The van der Waals surface area contributed by atoms with Gasteiger partial charge in [-0.15, -0.1) is 23.5 Å². The van der Waals surface area contributed by atoms with Gasteiger partial charge in [0.25, 0.3) is 0 Å². The fourth-order valence-corrected chi connectivity index (χ4v) is 6.19. The maximum Gasteiger partial charge on any atom is 0.155 e. The Kier molecular flexibility index (Phi) is 2.62. The molecule has 0 aromatic rings. The van der Waals surface area contributed by atoms with Crippen molar-refractivity contribution in [3.05, 3.63) is 11.3 Å². The molecule has 0 bridgehead atoms. The van der Waals surface area contributed by atoms with E-state index in [0.29, 0.717) is 17.4 Å². The minimum atomic E-state index is -0.230. The third kappa shape index (κ3) is 1.30. The van der Waals surface area contributed by atoms with Gasteiger partial charge >= 0.3 is 0 Å². The highest BCUT2D eigenvalue weighted by Crippen LogP contribution is 2.70. The van der Waals surface area contributed by atoms with E-state index in [0.717, 1.165) is 17.9 Å². The molecule has 3 rings (SSSR count). The predicted octanol–water partition coefficient (Wildman–Crippen LogP) is 1.65. The Bertz CT molecular complexity index is 342. The average Bonchev–Trinajstić information content (AvgIpc) is 2.70. The molecule has 0 N–H and O–H groups in total. The predicted molar refractivity (Wildman–Crippen MR) is 63.7 cm³/mol. The molecule has 1 saturated heterocycles. The SMILES string of the molecule is C.CC(=O)C1=C([O-])C2(SCCS2)[C@@H]2C[C@H]12. The molecular weight excluding hydrogens is 228 g/mol. The van der Waals surface area contributed by atoms with E-state index < -0.39 is 0 Å². The van der Waals surface area contributed by atoms with Gasteiger partial charge in [0.2, 0.25) is 0 Å². The maximum atomic E-state index is 12.1. The lowest BCUT2D eigenvalue weighted by atomic mass is 10.1. The van der Waals surface area contributed by atoms with Crippen molar-refractivity contribution in [2.24, 2.45) is 11.8 Å². The summed E-state index contributed by atoms with van der Waals surface area (Å²) in [5.74, 6) is 3.08. The number of carbonyl (C=O) groups excluding carboxylic acids is 1. The standard InChI is InChI=1S/C10H12O2S2.CH4/c1-5(11)8-6-4-7(6)10(9(8)12)13-2-3-14-10;/h6-7,12H,2-4H2,1H3;1H4/p-1/t6-,7+;/m0./s1. The molecule has 1 spiro atoms. The van der Waals surface area contributed by atoms with Gasteiger partial charge in [0.1, 0.15) is 0 Å². The fourth-order valence-electron chi connectivity index (χ4n) is 2.65. The Morgan fingerprint density at radius 3 is 2.53 bits per heavy atom. The molecule has 3 aliphatic rings. The van der Waals surface area contributed by atoms with E-state index in [1.54, 1.807) is 23.5 Å². The van der Waals surface area contributed by atoms with Crippen molar-refractivity contribution in [2.75, 3.05) is 11.5 Å². The van der Waals surface area contributed by atoms with Gasteiger partial charge in [0.15, 0.2) is 5.78 Å². The second-order valence-corrected chi connectivity index (χ2v) is 7.05. The summed E-state index contributed by atoms with van der Waals surface area (Å²) in [5, 5.41) is 12.1. The molecule has 1 saturated carbocycles. The summed E-state index contributed by atoms with van der Waals surface area (Å²) in [6, 6.07) is 0. The van der Waals surface area contributed by atoms with Crippen molar-refractivity contribution in [1.29, 1.82) is 0 Å². The van der Waals surface area contributed by atoms with Crippen LogP contribution in [0.4, 0.5) is 0 Å². The van der Waals surface area contributed by atoms with Crippen LogP contribution in [0, 0.1) is 11.8 Å². The average molecular weight is 243 g/mol. The zero-order valence-electron chi connectivity index (χ0n) is 7.91. The molecule has 0 amide bonds. The Balaban J connectivity index is 0.000000853. The van der Waals surface area contributed by atoms with Crippen LogP contribution in [-0.2, 0) is 4.79 Å². The van der Waals surface area contributed by atoms with Gasteiger partial charge in [-0.05, 0) is 30.8 Å². The summed E-state index contributed by atoms with van der Waals surface area (Å²) in [6.07, 6.45) is 1.07. The molecule has 84 valence electrons. The van der Waals surface area contributed by atoms with E-state index in [1.807, 2.05) is 0 Å². The molecule has 2 fully saturated rings. The van der Waals surface area contributed by atoms with E-state index in [9.17, 15) is 9.90 Å². The fraction of sp³-hybridized carbons (Fsp3) is 0.727. The number of hydrogen-bond acceptors (Lipinski definition) is 4. The summed E-state index contributed by atoms with van der Waals surface area (Å²) in [6.45, 7) is 1.53. The third-order valence-corrected chi connectivity index (χ3v) is 6.92. The summed E-state index contributed by atoms with van der Waals surface area (Å²) < 4.78 is -0.230. The minimum absolute atomic E-state index is 0. The van der Waals surface area contributed by atoms with E-state index >= 15 is 0 Å². The number of carbonyl (C=O) groups is 1. The largest absolute Gasteiger partial charge is 0.874 e. The van der Waals surface area contributed by atoms with Crippen molar-refractivity contribution < 1.29 is 9.90 Å². The van der Waals surface area contributed by atoms with E-state index in [-0.39, 0.29) is 23.0 Å². The lowest BCUT2D eigenvalue weighted by Gasteiger charge is -2.32. The van der Waals surface area contributed by atoms with Crippen LogP contribution in [-0.4, -0.2) is 21.4 Å². The molecular formula is C11H15O2S2-. The van der Waals surface area contributed by atoms with Crippen molar-refractivity contribution in [2.45, 2.75) is 24.9 Å². The normalized spacial score (nSPS) is 35.3. The van der Waals surface area contributed by atoms with Gasteiger partial charge in [-0.2, -0.15) is 0 Å². The second kappa shape index (κ2) is 3.45. The molecule has 1 heterocycles. The van der Waals surface area contributed by atoms with E-state index in [2.05, 4.69) is 0 Å². The first-order chi connectivity index (χ1) is 6.67. The first-order valence-corrected chi connectivity index (χ1v) is 6.84. The zero-order valence-corrected chi connectivity index (χ0v) is 9.54. The third-order valence-electron chi connectivity index (χ3n) is 3.31. The van der Waals surface area contributed by atoms with Gasteiger partial charge < -0.3 is 5.11 Å². The molecule has 2 nitrogen and oxygen atoms in total. The van der Waals surface area contributed by atoms with Gasteiger partial charge in [-0.1, -0.05) is 13.2 Å². The lowest BCUT2D eigenvalue weighted by Crippen LogP contribution is -2.29. The molecule has 1 aliphatic heterocycles. The molecule has 0 radical (unpaired) electrons. The quantitative estimate of drug-likeness (QED) is 0.702. The number of ketones is 1. The maximum absolute atomic E-state index is 12.1. The van der Waals surface area contributed by atoms with Gasteiger partial charge in [0, 0.05) is 11.5 Å². The molecule has 0 aromatic heterocycles. The second-order valence-electron chi connectivity index (χ2n) is 4.11. The highest BCUT2D eigenvalue weighted by molar-refractivity contribution is 8.21. The Labute approximate surface area is 98.9 Å². The summed E-state index contributed by atoms with van der Waals surface area (Å²) in [7, 11) is 0. The van der Waals surface area contributed by atoms with Crippen LogP contribution in [0.1, 0.15) is 20.8 Å². The Hall–Kier alpha value is -0.0900. The number of hydrogen-bond donors (Lipinski definition) is 0. The molecule has 2 atom stereocenters. The molecule has 15 heavy (non-hydrogen) atoms. The monoisotopic (exact) mass is 243 g/mol. The lowest BCUT2D eigenvalue weighted by molar-refractivity contribution is -0.307. The van der Waals surface area contributed by atoms with E-state index in [1.165, 1.54) is 6.92 Å². The minimum Gasteiger partial charge on any atom is -0.874 e. The van der Waals surface area contributed by atoms with Crippen LogP contribution < -0.4 is 5.11 Å². The first-order valence-electron chi connectivity index (χ1n) is 4.87. The summed E-state index contributed by atoms with van der Waals surface area (Å²) in [4.78, 5) is 11.4. The van der Waals surface area contributed by atoms with Crippen LogP contribution in [0.2, 0.25) is 0 Å². The Morgan fingerprint density at radius 1 is 1.47 bits per heavy atom. The van der Waals surface area contributed by atoms with Crippen LogP contribution in [0.3, 0.4) is 0 Å². The number of Topliss-reactive ketones (excluding diaryl/α,β-unsaturated/α-hetero) is 1. The molecule has 4 heteroatoms. The number of allylic oxidation sites excluding steroid dienone is 1. The van der Waals surface area contributed by atoms with Crippen LogP contribution in [0.25, 0.3) is 0 Å². The molecule has 0 unspecified atom stereocenters. The number of thioether (sulfide) groups is 2. The number of rotatable bonds is 1. The van der Waals surface area contributed by atoms with Crippen molar-refractivity contribution in [3.63, 3.8) is 0 Å². The Morgan fingerprint density at radius 2 is 2.07 bits per heavy atom. The van der Waals surface area contributed by atoms with Gasteiger partial charge in [-0.25, -0.2) is 0 Å². The highest BCUT2D eigenvalue weighted by Gasteiger charge is 2.62. The van der Waals surface area contributed by atoms with Crippen LogP contribution in [0.5, 0.6) is 0 Å². The first kappa shape index (κ1) is 11.4. The van der Waals surface area contributed by atoms with Crippen LogP contribution >= 0.6 is 23.5 Å². The van der Waals surface area contributed by atoms with Crippen LogP contribution in [0.15, 0.2) is 11.3 Å². The van der Waals surface area contributed by atoms with Gasteiger partial charge in [-0.3, -0.25) is 4.79 Å². The summed E-state index contributed by atoms with van der Waals surface area (Å²) >= 11 is 3.54. The van der Waals surface area contributed by atoms with Crippen molar-refractivity contribution in [3.8, 4) is 0 Å². The smallest absolute Gasteiger partial charge is 0.155 e. The molecule has 0 aromatic carbocycles. The summed E-state index contributed by atoms with van der Waals surface area (Å²) in [5.41, 5.74) is 0.622. The zero-order chi connectivity index (χ0) is 9.92. The van der Waals surface area contributed by atoms with Gasteiger partial charge in [0.05, 0.1) is 4.08 Å². The highest BCUT2D eigenvalue weighted by atomic mass is 32.2. The number of fused-ring (bicyclic) bond motifs is 2.